The van der Waals surface area contributed by atoms with E-state index < -0.39 is 27.9 Å². The maximum absolute atomic E-state index is 13.1. The van der Waals surface area contributed by atoms with Crippen LogP contribution < -0.4 is 4.72 Å². The van der Waals surface area contributed by atoms with E-state index in [1.165, 1.54) is 62.6 Å². The van der Waals surface area contributed by atoms with Crippen LogP contribution in [0.2, 0.25) is 0 Å². The van der Waals surface area contributed by atoms with Crippen LogP contribution in [-0.4, -0.2) is 27.3 Å². The van der Waals surface area contributed by atoms with Crippen LogP contribution in [0.1, 0.15) is 35.3 Å². The standard InChI is InChI=1S/C18H18FNO5S/c1-12(21)14-4-3-5-16(10-14)26(23,24)20-17(11-18(22)25-2)13-6-8-15(19)9-7-13/h3-10,17,20H,11H2,1-2H3. The number of methoxy groups -OCH3 is 1. The Hall–Kier alpha value is -2.58. The summed E-state index contributed by atoms with van der Waals surface area (Å²) in [5, 5.41) is 0. The van der Waals surface area contributed by atoms with Crippen LogP contribution >= 0.6 is 0 Å². The van der Waals surface area contributed by atoms with E-state index in [-0.39, 0.29) is 22.7 Å². The molecule has 0 aromatic heterocycles. The van der Waals surface area contributed by atoms with Crippen molar-refractivity contribution in [2.75, 3.05) is 7.11 Å². The summed E-state index contributed by atoms with van der Waals surface area (Å²) < 4.78 is 45.5. The Morgan fingerprint density at radius 2 is 1.81 bits per heavy atom. The minimum absolute atomic E-state index is 0.109. The number of hydrogen-bond acceptors (Lipinski definition) is 5. The summed E-state index contributed by atoms with van der Waals surface area (Å²) in [5.41, 5.74) is 0.655. The van der Waals surface area contributed by atoms with E-state index in [1.54, 1.807) is 0 Å². The van der Waals surface area contributed by atoms with Crippen LogP contribution in [0.5, 0.6) is 0 Å². The van der Waals surface area contributed by atoms with Crippen molar-refractivity contribution in [3.05, 3.63) is 65.5 Å². The fourth-order valence-corrected chi connectivity index (χ4v) is 3.58. The van der Waals surface area contributed by atoms with Gasteiger partial charge < -0.3 is 4.74 Å². The lowest BCUT2D eigenvalue weighted by atomic mass is 10.1. The first-order chi connectivity index (χ1) is 12.2. The molecule has 0 heterocycles. The Balaban J connectivity index is 2.36. The van der Waals surface area contributed by atoms with E-state index >= 15 is 0 Å². The van der Waals surface area contributed by atoms with Gasteiger partial charge in [-0.1, -0.05) is 24.3 Å². The zero-order chi connectivity index (χ0) is 19.3. The molecule has 0 amide bonds. The molecule has 0 saturated carbocycles. The number of benzene rings is 2. The molecule has 8 heteroatoms. The summed E-state index contributed by atoms with van der Waals surface area (Å²) >= 11 is 0. The van der Waals surface area contributed by atoms with Crippen molar-refractivity contribution in [3.63, 3.8) is 0 Å². The van der Waals surface area contributed by atoms with Gasteiger partial charge in [-0.15, -0.1) is 0 Å². The SMILES string of the molecule is COC(=O)CC(NS(=O)(=O)c1cccc(C(C)=O)c1)c1ccc(F)cc1. The molecule has 0 spiro atoms. The van der Waals surface area contributed by atoms with Crippen molar-refractivity contribution >= 4 is 21.8 Å². The highest BCUT2D eigenvalue weighted by atomic mass is 32.2. The monoisotopic (exact) mass is 379 g/mol. The number of ketones is 1. The maximum atomic E-state index is 13.1. The molecule has 2 aromatic rings. The molecule has 0 bridgehead atoms. The Morgan fingerprint density at radius 3 is 2.38 bits per heavy atom. The van der Waals surface area contributed by atoms with E-state index in [1.807, 2.05) is 0 Å². The van der Waals surface area contributed by atoms with Crippen LogP contribution in [0.4, 0.5) is 4.39 Å². The molecule has 0 saturated heterocycles. The first kappa shape index (κ1) is 19.7. The van der Waals surface area contributed by atoms with Gasteiger partial charge in [0.1, 0.15) is 5.82 Å². The van der Waals surface area contributed by atoms with Gasteiger partial charge in [-0.05, 0) is 36.8 Å². The van der Waals surface area contributed by atoms with E-state index in [4.69, 9.17) is 0 Å². The summed E-state index contributed by atoms with van der Waals surface area (Å²) in [6.07, 6.45) is -0.270. The topological polar surface area (TPSA) is 89.5 Å². The number of halogens is 1. The largest absolute Gasteiger partial charge is 0.469 e. The van der Waals surface area contributed by atoms with Crippen molar-refractivity contribution in [2.45, 2.75) is 24.3 Å². The lowest BCUT2D eigenvalue weighted by Crippen LogP contribution is -2.30. The van der Waals surface area contributed by atoms with Crippen molar-refractivity contribution in [1.29, 1.82) is 0 Å². The number of Topliss-reactive ketones (excluding diaryl/α,β-unsaturated/α-hetero) is 1. The third-order valence-corrected chi connectivity index (χ3v) is 5.19. The molecule has 1 atom stereocenters. The van der Waals surface area contributed by atoms with E-state index in [0.717, 1.165) is 0 Å². The predicted molar refractivity (Wildman–Crippen MR) is 92.5 cm³/mol. The minimum Gasteiger partial charge on any atom is -0.469 e. The molecule has 0 aliphatic carbocycles. The van der Waals surface area contributed by atoms with Gasteiger partial charge in [0.2, 0.25) is 10.0 Å². The second-order valence-electron chi connectivity index (χ2n) is 5.59. The third-order valence-electron chi connectivity index (χ3n) is 3.72. The number of hydrogen-bond donors (Lipinski definition) is 1. The molecule has 0 radical (unpaired) electrons. The van der Waals surface area contributed by atoms with Crippen LogP contribution in [0.15, 0.2) is 53.4 Å². The third kappa shape index (κ3) is 4.96. The Morgan fingerprint density at radius 1 is 1.15 bits per heavy atom. The summed E-state index contributed by atoms with van der Waals surface area (Å²) in [6.45, 7) is 1.33. The van der Waals surface area contributed by atoms with Crippen molar-refractivity contribution < 1.29 is 27.1 Å². The zero-order valence-electron chi connectivity index (χ0n) is 14.2. The van der Waals surface area contributed by atoms with Gasteiger partial charge >= 0.3 is 5.97 Å². The second-order valence-corrected chi connectivity index (χ2v) is 7.30. The molecule has 0 aliphatic heterocycles. The highest BCUT2D eigenvalue weighted by molar-refractivity contribution is 7.89. The smallest absolute Gasteiger partial charge is 0.307 e. The normalized spacial score (nSPS) is 12.4. The number of rotatable bonds is 7. The molecule has 1 N–H and O–H groups in total. The summed E-state index contributed by atoms with van der Waals surface area (Å²) in [5.74, 6) is -1.38. The highest BCUT2D eigenvalue weighted by Gasteiger charge is 2.24. The average molecular weight is 379 g/mol. The maximum Gasteiger partial charge on any atom is 0.307 e. The van der Waals surface area contributed by atoms with Gasteiger partial charge in [-0.25, -0.2) is 17.5 Å². The lowest BCUT2D eigenvalue weighted by Gasteiger charge is -2.18. The molecule has 26 heavy (non-hydrogen) atoms. The number of carbonyl (C=O) groups is 2. The minimum atomic E-state index is -4.03. The van der Waals surface area contributed by atoms with Gasteiger partial charge in [0.05, 0.1) is 24.5 Å². The fourth-order valence-electron chi connectivity index (χ4n) is 2.31. The first-order valence-electron chi connectivity index (χ1n) is 7.68. The molecular formula is C18H18FNO5S. The van der Waals surface area contributed by atoms with Crippen LogP contribution in [0.3, 0.4) is 0 Å². The summed E-state index contributed by atoms with van der Waals surface area (Å²) in [6, 6.07) is 9.73. The Bertz CT molecular complexity index is 909. The zero-order valence-corrected chi connectivity index (χ0v) is 15.0. The highest BCUT2D eigenvalue weighted by Crippen LogP contribution is 2.22. The molecule has 0 fully saturated rings. The second kappa shape index (κ2) is 8.20. The van der Waals surface area contributed by atoms with E-state index in [0.29, 0.717) is 5.56 Å². The van der Waals surface area contributed by atoms with Crippen molar-refractivity contribution in [3.8, 4) is 0 Å². The van der Waals surface area contributed by atoms with Crippen LogP contribution in [-0.2, 0) is 19.6 Å². The summed E-state index contributed by atoms with van der Waals surface area (Å²) in [4.78, 5) is 23.0. The van der Waals surface area contributed by atoms with Gasteiger partial charge in [0, 0.05) is 5.56 Å². The average Bonchev–Trinajstić information content (AvgIpc) is 2.61. The van der Waals surface area contributed by atoms with Crippen LogP contribution in [0, 0.1) is 5.82 Å². The first-order valence-corrected chi connectivity index (χ1v) is 9.17. The molecule has 138 valence electrons. The number of sulfonamides is 1. The molecule has 6 nitrogen and oxygen atoms in total. The van der Waals surface area contributed by atoms with Gasteiger partial charge in [-0.3, -0.25) is 9.59 Å². The molecular weight excluding hydrogens is 361 g/mol. The fraction of sp³-hybridized carbons (Fsp3) is 0.222. The summed E-state index contributed by atoms with van der Waals surface area (Å²) in [7, 11) is -2.84. The lowest BCUT2D eigenvalue weighted by molar-refractivity contribution is -0.141. The van der Waals surface area contributed by atoms with E-state index in [9.17, 15) is 22.4 Å². The number of ether oxygens (including phenoxy) is 1. The van der Waals surface area contributed by atoms with Crippen LogP contribution in [0.25, 0.3) is 0 Å². The van der Waals surface area contributed by atoms with Gasteiger partial charge in [0.15, 0.2) is 5.78 Å². The molecule has 2 rings (SSSR count). The number of nitrogens with one attached hydrogen (secondary N) is 1. The van der Waals surface area contributed by atoms with Gasteiger partial charge in [0.25, 0.3) is 0 Å². The Labute approximate surface area is 151 Å². The Kier molecular flexibility index (Phi) is 6.23. The predicted octanol–water partition coefficient (Wildman–Crippen LogP) is 2.61. The molecule has 2 aromatic carbocycles. The quantitative estimate of drug-likeness (QED) is 0.590. The molecule has 0 aliphatic rings. The van der Waals surface area contributed by atoms with Crippen molar-refractivity contribution in [2.24, 2.45) is 0 Å². The van der Waals surface area contributed by atoms with E-state index in [2.05, 4.69) is 9.46 Å². The van der Waals surface area contributed by atoms with Gasteiger partial charge in [-0.2, -0.15) is 0 Å². The number of carbonyl (C=O) groups excluding carboxylic acids is 2. The number of esters is 1. The van der Waals surface area contributed by atoms with Crippen molar-refractivity contribution in [1.82, 2.24) is 4.72 Å². The molecule has 1 unspecified atom stereocenters.